The van der Waals surface area contributed by atoms with E-state index in [9.17, 15) is 14.9 Å². The monoisotopic (exact) mass is 312 g/mol. The van der Waals surface area contributed by atoms with E-state index in [4.69, 9.17) is 9.15 Å². The maximum absolute atomic E-state index is 12.0. The number of carbonyl (C=O) groups excluding carboxylic acids is 1. The third kappa shape index (κ3) is 3.34. The van der Waals surface area contributed by atoms with E-state index in [2.05, 4.69) is 11.4 Å². The smallest absolute Gasteiger partial charge is 0.336 e. The van der Waals surface area contributed by atoms with Gasteiger partial charge in [0.05, 0.1) is 6.07 Å². The van der Waals surface area contributed by atoms with Gasteiger partial charge in [0.2, 0.25) is 0 Å². The summed E-state index contributed by atoms with van der Waals surface area (Å²) in [5.74, 6) is 0.0995. The maximum atomic E-state index is 12.0. The van der Waals surface area contributed by atoms with Crippen molar-refractivity contribution in [3.8, 4) is 11.8 Å². The molecular formula is C17H16N2O4. The number of fused-ring (bicyclic) bond motifs is 1. The molecule has 0 saturated heterocycles. The van der Waals surface area contributed by atoms with E-state index in [1.807, 2.05) is 0 Å². The summed E-state index contributed by atoms with van der Waals surface area (Å²) in [6, 6.07) is 10.2. The van der Waals surface area contributed by atoms with Gasteiger partial charge in [0.15, 0.2) is 6.61 Å². The molecule has 23 heavy (non-hydrogen) atoms. The van der Waals surface area contributed by atoms with Gasteiger partial charge in [-0.25, -0.2) is 4.79 Å². The first-order chi connectivity index (χ1) is 11.1. The molecule has 0 unspecified atom stereocenters. The van der Waals surface area contributed by atoms with Crippen molar-refractivity contribution in [2.24, 2.45) is 0 Å². The van der Waals surface area contributed by atoms with Crippen molar-refractivity contribution in [1.29, 1.82) is 5.26 Å². The number of amides is 1. The fraction of sp³-hybridized carbons (Fsp3) is 0.353. The van der Waals surface area contributed by atoms with E-state index in [0.29, 0.717) is 24.2 Å². The average molecular weight is 312 g/mol. The molecule has 1 aromatic heterocycles. The number of carbonyl (C=O) groups is 1. The molecule has 6 nitrogen and oxygen atoms in total. The molecule has 1 aromatic carbocycles. The highest BCUT2D eigenvalue weighted by Crippen LogP contribution is 2.28. The highest BCUT2D eigenvalue weighted by molar-refractivity contribution is 5.80. The van der Waals surface area contributed by atoms with Crippen molar-refractivity contribution in [2.45, 2.75) is 31.2 Å². The van der Waals surface area contributed by atoms with Crippen LogP contribution in [0.5, 0.6) is 5.75 Å². The number of nitrogens with zero attached hydrogens (tertiary/aromatic N) is 1. The molecule has 2 aromatic rings. The summed E-state index contributed by atoms with van der Waals surface area (Å²) in [5.41, 5.74) is -0.791. The van der Waals surface area contributed by atoms with Gasteiger partial charge in [-0.2, -0.15) is 5.26 Å². The quantitative estimate of drug-likeness (QED) is 0.873. The van der Waals surface area contributed by atoms with Crippen LogP contribution in [0, 0.1) is 11.3 Å². The summed E-state index contributed by atoms with van der Waals surface area (Å²) in [5, 5.41) is 12.8. The van der Waals surface area contributed by atoms with Gasteiger partial charge in [0.25, 0.3) is 5.91 Å². The molecule has 1 aliphatic carbocycles. The van der Waals surface area contributed by atoms with Gasteiger partial charge in [-0.15, -0.1) is 0 Å². The Morgan fingerprint density at radius 1 is 1.30 bits per heavy atom. The minimum absolute atomic E-state index is 0.188. The molecule has 0 atom stereocenters. The second-order valence-electron chi connectivity index (χ2n) is 5.69. The molecule has 1 heterocycles. The third-order valence-corrected chi connectivity index (χ3v) is 4.01. The van der Waals surface area contributed by atoms with Gasteiger partial charge in [-0.05, 0) is 43.9 Å². The minimum atomic E-state index is -0.753. The maximum Gasteiger partial charge on any atom is 0.336 e. The Bertz CT molecular complexity index is 828. The lowest BCUT2D eigenvalue weighted by Gasteiger charge is -2.21. The molecule has 3 rings (SSSR count). The standard InChI is InChI=1S/C17H16N2O4/c18-11-17(7-1-2-8-17)19-15(20)10-22-13-5-3-12-4-6-16(21)23-14(12)9-13/h3-6,9H,1-2,7-8,10H2,(H,19,20). The predicted octanol–water partition coefficient (Wildman–Crippen LogP) is 2.12. The summed E-state index contributed by atoms with van der Waals surface area (Å²) >= 11 is 0. The van der Waals surface area contributed by atoms with Gasteiger partial charge in [-0.3, -0.25) is 4.79 Å². The van der Waals surface area contributed by atoms with E-state index in [-0.39, 0.29) is 12.5 Å². The largest absolute Gasteiger partial charge is 0.484 e. The molecule has 1 amide bonds. The van der Waals surface area contributed by atoms with Crippen LogP contribution in [0.4, 0.5) is 0 Å². The number of hydrogen-bond acceptors (Lipinski definition) is 5. The van der Waals surface area contributed by atoms with Gasteiger partial charge < -0.3 is 14.5 Å². The molecule has 0 radical (unpaired) electrons. The van der Waals surface area contributed by atoms with E-state index < -0.39 is 11.2 Å². The fourth-order valence-corrected chi connectivity index (χ4v) is 2.83. The Morgan fingerprint density at radius 2 is 2.04 bits per heavy atom. The molecule has 1 aliphatic rings. The fourth-order valence-electron chi connectivity index (χ4n) is 2.83. The topological polar surface area (TPSA) is 92.3 Å². The van der Waals surface area contributed by atoms with Gasteiger partial charge in [0.1, 0.15) is 16.9 Å². The second kappa shape index (κ2) is 6.13. The van der Waals surface area contributed by atoms with Crippen LogP contribution in [0.3, 0.4) is 0 Å². The average Bonchev–Trinajstić information content (AvgIpc) is 3.01. The van der Waals surface area contributed by atoms with Crippen molar-refractivity contribution < 1.29 is 13.9 Å². The van der Waals surface area contributed by atoms with Crippen molar-refractivity contribution in [3.63, 3.8) is 0 Å². The Balaban J connectivity index is 1.65. The summed E-state index contributed by atoms with van der Waals surface area (Å²) in [6.07, 6.45) is 3.24. The highest BCUT2D eigenvalue weighted by Gasteiger charge is 2.35. The third-order valence-electron chi connectivity index (χ3n) is 4.01. The molecule has 0 aliphatic heterocycles. The van der Waals surface area contributed by atoms with Crippen LogP contribution < -0.4 is 15.7 Å². The molecule has 1 fully saturated rings. The normalized spacial score (nSPS) is 16.0. The zero-order valence-electron chi connectivity index (χ0n) is 12.5. The Labute approximate surface area is 132 Å². The summed E-state index contributed by atoms with van der Waals surface area (Å²) in [6.45, 7) is -0.188. The van der Waals surface area contributed by atoms with Crippen LogP contribution in [0.15, 0.2) is 39.5 Å². The number of rotatable bonds is 4. The van der Waals surface area contributed by atoms with E-state index in [1.54, 1.807) is 24.3 Å². The number of nitrogens with one attached hydrogen (secondary N) is 1. The number of nitriles is 1. The van der Waals surface area contributed by atoms with E-state index in [0.717, 1.165) is 18.2 Å². The van der Waals surface area contributed by atoms with Crippen molar-refractivity contribution in [2.75, 3.05) is 6.61 Å². The highest BCUT2D eigenvalue weighted by atomic mass is 16.5. The first-order valence-electron chi connectivity index (χ1n) is 7.49. The zero-order chi connectivity index (χ0) is 16.3. The molecule has 6 heteroatoms. The predicted molar refractivity (Wildman–Crippen MR) is 82.9 cm³/mol. The van der Waals surface area contributed by atoms with Crippen LogP contribution in [0.2, 0.25) is 0 Å². The molecule has 0 bridgehead atoms. The van der Waals surface area contributed by atoms with Gasteiger partial charge >= 0.3 is 5.63 Å². The first-order valence-corrected chi connectivity index (χ1v) is 7.49. The zero-order valence-corrected chi connectivity index (χ0v) is 12.5. The Kier molecular flexibility index (Phi) is 4.02. The van der Waals surface area contributed by atoms with Crippen molar-refractivity contribution in [3.05, 3.63) is 40.8 Å². The van der Waals surface area contributed by atoms with Crippen LogP contribution in [-0.4, -0.2) is 18.1 Å². The van der Waals surface area contributed by atoms with E-state index >= 15 is 0 Å². The van der Waals surface area contributed by atoms with Crippen LogP contribution >= 0.6 is 0 Å². The van der Waals surface area contributed by atoms with Crippen molar-refractivity contribution >= 4 is 16.9 Å². The number of ether oxygens (including phenoxy) is 1. The summed E-state index contributed by atoms with van der Waals surface area (Å²) < 4.78 is 10.5. The summed E-state index contributed by atoms with van der Waals surface area (Å²) in [4.78, 5) is 23.2. The Morgan fingerprint density at radius 3 is 2.78 bits per heavy atom. The lowest BCUT2D eigenvalue weighted by molar-refractivity contribution is -0.124. The SMILES string of the molecule is N#CC1(NC(=O)COc2ccc3ccc(=O)oc3c2)CCCC1. The first kappa shape index (κ1) is 15.1. The van der Waals surface area contributed by atoms with Crippen LogP contribution in [-0.2, 0) is 4.79 Å². The second-order valence-corrected chi connectivity index (χ2v) is 5.69. The molecule has 0 spiro atoms. The Hall–Kier alpha value is -2.81. The van der Waals surface area contributed by atoms with Crippen LogP contribution in [0.1, 0.15) is 25.7 Å². The lowest BCUT2D eigenvalue weighted by atomic mass is 10.00. The molecule has 118 valence electrons. The molecule has 1 N–H and O–H groups in total. The van der Waals surface area contributed by atoms with Crippen molar-refractivity contribution in [1.82, 2.24) is 5.32 Å². The van der Waals surface area contributed by atoms with Crippen LogP contribution in [0.25, 0.3) is 11.0 Å². The number of benzene rings is 1. The van der Waals surface area contributed by atoms with Gasteiger partial charge in [0, 0.05) is 17.5 Å². The molecular weight excluding hydrogens is 296 g/mol. The minimum Gasteiger partial charge on any atom is -0.484 e. The van der Waals surface area contributed by atoms with Gasteiger partial charge in [-0.1, -0.05) is 0 Å². The summed E-state index contributed by atoms with van der Waals surface area (Å²) in [7, 11) is 0. The molecule has 1 saturated carbocycles. The van der Waals surface area contributed by atoms with E-state index in [1.165, 1.54) is 6.07 Å². The lowest BCUT2D eigenvalue weighted by Crippen LogP contribution is -2.47. The number of hydrogen-bond donors (Lipinski definition) is 1.